The zero-order chi connectivity index (χ0) is 22.8. The lowest BCUT2D eigenvalue weighted by atomic mass is 9.88. The first-order chi connectivity index (χ1) is 15.4. The van der Waals surface area contributed by atoms with Gasteiger partial charge in [-0.2, -0.15) is 0 Å². The van der Waals surface area contributed by atoms with Gasteiger partial charge in [0.25, 0.3) is 0 Å². The van der Waals surface area contributed by atoms with Crippen LogP contribution in [0.4, 0.5) is 0 Å². The number of aromatic hydroxyl groups is 2. The number of phenolic OH excluding ortho intramolecular Hbond substituents is 2. The number of hydrogen-bond donors (Lipinski definition) is 2. The van der Waals surface area contributed by atoms with Crippen LogP contribution in [0.3, 0.4) is 0 Å². The van der Waals surface area contributed by atoms with Gasteiger partial charge in [-0.25, -0.2) is 0 Å². The number of fused-ring (bicyclic) bond motifs is 1. The van der Waals surface area contributed by atoms with Crippen molar-refractivity contribution < 1.29 is 10.2 Å². The summed E-state index contributed by atoms with van der Waals surface area (Å²) in [5.41, 5.74) is 6.03. The maximum Gasteiger partial charge on any atom is 0.136 e. The number of phenols is 2. The first kappa shape index (κ1) is 22.2. The normalized spacial score (nSPS) is 11.2. The fourth-order valence-corrected chi connectivity index (χ4v) is 5.50. The third-order valence-corrected chi connectivity index (χ3v) is 7.12. The number of benzene rings is 3. The van der Waals surface area contributed by atoms with Crippen molar-refractivity contribution in [2.24, 2.45) is 0 Å². The molecule has 0 aliphatic rings. The molecule has 0 radical (unpaired) electrons. The van der Waals surface area contributed by atoms with Crippen molar-refractivity contribution in [3.63, 3.8) is 0 Å². The number of unbranched alkanes of at least 4 members (excludes halogenated alkanes) is 2. The highest BCUT2D eigenvalue weighted by Crippen LogP contribution is 2.50. The summed E-state index contributed by atoms with van der Waals surface area (Å²) < 4.78 is 1.19. The van der Waals surface area contributed by atoms with Crippen molar-refractivity contribution in [2.75, 3.05) is 0 Å². The summed E-state index contributed by atoms with van der Waals surface area (Å²) in [6, 6.07) is 18.4. The second kappa shape index (κ2) is 9.22. The fourth-order valence-electron chi connectivity index (χ4n) is 4.35. The van der Waals surface area contributed by atoms with Crippen LogP contribution in [0.15, 0.2) is 61.2 Å². The highest BCUT2D eigenvalue weighted by atomic mass is 32.1. The van der Waals surface area contributed by atoms with E-state index >= 15 is 0 Å². The molecule has 0 saturated carbocycles. The summed E-state index contributed by atoms with van der Waals surface area (Å²) in [7, 11) is 0. The summed E-state index contributed by atoms with van der Waals surface area (Å²) in [6.45, 7) is 10.3. The lowest BCUT2D eigenvalue weighted by Gasteiger charge is -2.19. The summed E-state index contributed by atoms with van der Waals surface area (Å²) >= 11 is 1.68. The predicted octanol–water partition coefficient (Wildman–Crippen LogP) is 8.72. The zero-order valence-electron chi connectivity index (χ0n) is 19.0. The van der Waals surface area contributed by atoms with Crippen LogP contribution in [-0.4, -0.2) is 10.2 Å². The summed E-state index contributed by atoms with van der Waals surface area (Å²) in [6.07, 6.45) is 4.08. The quantitative estimate of drug-likeness (QED) is 0.281. The minimum absolute atomic E-state index is 0.118. The van der Waals surface area contributed by atoms with Crippen molar-refractivity contribution in [3.8, 4) is 33.1 Å². The molecule has 2 N–H and O–H groups in total. The zero-order valence-corrected chi connectivity index (χ0v) is 19.9. The van der Waals surface area contributed by atoms with Gasteiger partial charge in [-0.1, -0.05) is 73.9 Å². The Bertz CT molecular complexity index is 1260. The van der Waals surface area contributed by atoms with E-state index < -0.39 is 0 Å². The summed E-state index contributed by atoms with van der Waals surface area (Å²) in [5, 5.41) is 23.9. The second-order valence-electron chi connectivity index (χ2n) is 8.59. The average Bonchev–Trinajstić information content (AvgIpc) is 3.17. The first-order valence-corrected chi connectivity index (χ1v) is 12.1. The Morgan fingerprint density at radius 1 is 0.969 bits per heavy atom. The van der Waals surface area contributed by atoms with Crippen LogP contribution in [0.1, 0.15) is 49.8 Å². The number of thiophene rings is 1. The molecule has 4 rings (SSSR count). The molecule has 3 heteroatoms. The molecule has 0 unspecified atom stereocenters. The largest absolute Gasteiger partial charge is 0.507 e. The van der Waals surface area contributed by atoms with Crippen LogP contribution >= 0.6 is 11.3 Å². The van der Waals surface area contributed by atoms with Crippen LogP contribution in [-0.2, 0) is 6.42 Å². The Kier molecular flexibility index (Phi) is 6.38. The van der Waals surface area contributed by atoms with Gasteiger partial charge in [0, 0.05) is 15.1 Å². The third-order valence-electron chi connectivity index (χ3n) is 5.99. The smallest absolute Gasteiger partial charge is 0.136 e. The van der Waals surface area contributed by atoms with Crippen LogP contribution in [0, 0.1) is 6.92 Å². The molecular formula is C29H30O2S. The number of allylic oxidation sites excluding steroid dienone is 1. The molecule has 0 saturated heterocycles. The highest BCUT2D eigenvalue weighted by Gasteiger charge is 2.23. The highest BCUT2D eigenvalue weighted by molar-refractivity contribution is 7.22. The monoisotopic (exact) mass is 442 g/mol. The van der Waals surface area contributed by atoms with Crippen LogP contribution in [0.25, 0.3) is 37.2 Å². The van der Waals surface area contributed by atoms with Crippen LogP contribution < -0.4 is 0 Å². The average molecular weight is 443 g/mol. The van der Waals surface area contributed by atoms with Crippen molar-refractivity contribution in [1.82, 2.24) is 0 Å². The Morgan fingerprint density at radius 3 is 2.47 bits per heavy atom. The standard InChI is InChI=1S/C29H30O2S/c1-5-6-7-11-21-16-24(30)28(23-15-19(4)13-14-22(23)18(2)3)29(31)27(21)26-17-20-10-8-9-12-25(20)32-26/h8-10,12-17,30-31H,2,5-7,11H2,1,3-4H3. The maximum atomic E-state index is 11.7. The van der Waals surface area contributed by atoms with Crippen molar-refractivity contribution in [2.45, 2.75) is 46.5 Å². The molecule has 0 atom stereocenters. The minimum atomic E-state index is 0.118. The van der Waals surface area contributed by atoms with Gasteiger partial charge >= 0.3 is 0 Å². The summed E-state index contributed by atoms with van der Waals surface area (Å²) in [5.74, 6) is 0.267. The van der Waals surface area contributed by atoms with E-state index in [0.29, 0.717) is 5.56 Å². The van der Waals surface area contributed by atoms with E-state index in [9.17, 15) is 10.2 Å². The third kappa shape index (κ3) is 4.18. The van der Waals surface area contributed by atoms with Crippen molar-refractivity contribution in [3.05, 3.63) is 77.9 Å². The predicted molar refractivity (Wildman–Crippen MR) is 139 cm³/mol. The first-order valence-electron chi connectivity index (χ1n) is 11.2. The van der Waals surface area contributed by atoms with E-state index in [2.05, 4.69) is 31.7 Å². The van der Waals surface area contributed by atoms with E-state index in [-0.39, 0.29) is 11.5 Å². The molecular weight excluding hydrogens is 412 g/mol. The number of hydrogen-bond acceptors (Lipinski definition) is 3. The molecule has 0 spiro atoms. The Hall–Kier alpha value is -3.04. The Labute approximate surface area is 194 Å². The molecule has 4 aromatic rings. The van der Waals surface area contributed by atoms with Gasteiger partial charge in [-0.3, -0.25) is 0 Å². The molecule has 164 valence electrons. The van der Waals surface area contributed by atoms with Gasteiger partial charge in [-0.15, -0.1) is 11.3 Å². The molecule has 1 heterocycles. The van der Waals surface area contributed by atoms with Gasteiger partial charge in [0.1, 0.15) is 11.5 Å². The lowest BCUT2D eigenvalue weighted by molar-refractivity contribution is 0.454. The van der Waals surface area contributed by atoms with Crippen LogP contribution in [0.2, 0.25) is 0 Å². The molecule has 0 fully saturated rings. The molecule has 0 amide bonds. The van der Waals surface area contributed by atoms with Gasteiger partial charge in [-0.05, 0) is 67.0 Å². The van der Waals surface area contributed by atoms with Gasteiger partial charge in [0.15, 0.2) is 0 Å². The maximum absolute atomic E-state index is 11.7. The van der Waals surface area contributed by atoms with Gasteiger partial charge in [0.2, 0.25) is 0 Å². The van der Waals surface area contributed by atoms with Crippen LogP contribution in [0.5, 0.6) is 11.5 Å². The van der Waals surface area contributed by atoms with E-state index in [1.807, 2.05) is 50.2 Å². The molecule has 0 aliphatic heterocycles. The minimum Gasteiger partial charge on any atom is -0.507 e. The molecule has 1 aromatic heterocycles. The Morgan fingerprint density at radius 2 is 1.75 bits per heavy atom. The van der Waals surface area contributed by atoms with E-state index in [0.717, 1.165) is 64.0 Å². The van der Waals surface area contributed by atoms with E-state index in [4.69, 9.17) is 0 Å². The lowest BCUT2D eigenvalue weighted by Crippen LogP contribution is -1.96. The molecule has 0 bridgehead atoms. The fraction of sp³-hybridized carbons (Fsp3) is 0.241. The molecule has 32 heavy (non-hydrogen) atoms. The molecule has 0 aliphatic carbocycles. The topological polar surface area (TPSA) is 40.5 Å². The van der Waals surface area contributed by atoms with E-state index in [1.165, 1.54) is 10.1 Å². The van der Waals surface area contributed by atoms with Crippen molar-refractivity contribution >= 4 is 27.0 Å². The second-order valence-corrected chi connectivity index (χ2v) is 9.67. The number of aryl methyl sites for hydroxylation is 2. The molecule has 3 aromatic carbocycles. The molecule has 2 nitrogen and oxygen atoms in total. The number of rotatable bonds is 7. The van der Waals surface area contributed by atoms with E-state index in [1.54, 1.807) is 11.3 Å². The Balaban J connectivity index is 1.99. The summed E-state index contributed by atoms with van der Waals surface area (Å²) in [4.78, 5) is 1.03. The SMILES string of the molecule is C=C(C)c1ccc(C)cc1-c1c(O)cc(CCCCC)c(-c2cc3ccccc3s2)c1O. The van der Waals surface area contributed by atoms with Gasteiger partial charge < -0.3 is 10.2 Å². The van der Waals surface area contributed by atoms with Gasteiger partial charge in [0.05, 0.1) is 5.56 Å². The van der Waals surface area contributed by atoms with Crippen molar-refractivity contribution in [1.29, 1.82) is 0 Å².